The van der Waals surface area contributed by atoms with Gasteiger partial charge in [0.05, 0.1) is 12.1 Å². The van der Waals surface area contributed by atoms with E-state index < -0.39 is 21.3 Å². The summed E-state index contributed by atoms with van der Waals surface area (Å²) >= 11 is 0. The predicted molar refractivity (Wildman–Crippen MR) is 58.8 cm³/mol. The Morgan fingerprint density at radius 2 is 2.38 bits per heavy atom. The van der Waals surface area contributed by atoms with E-state index >= 15 is 0 Å². The third-order valence-electron chi connectivity index (χ3n) is 2.16. The number of sulfonamides is 1. The maximum absolute atomic E-state index is 11.7. The van der Waals surface area contributed by atoms with E-state index in [-0.39, 0.29) is 6.42 Å². The summed E-state index contributed by atoms with van der Waals surface area (Å²) in [6.07, 6.45) is 3.42. The van der Waals surface area contributed by atoms with Gasteiger partial charge in [0.25, 0.3) is 0 Å². The van der Waals surface area contributed by atoms with Crippen LogP contribution in [0.2, 0.25) is 0 Å². The van der Waals surface area contributed by atoms with Crippen LogP contribution in [-0.2, 0) is 10.0 Å². The lowest BCUT2D eigenvalue weighted by molar-refractivity contribution is 0.553. The van der Waals surface area contributed by atoms with Crippen molar-refractivity contribution in [1.29, 1.82) is 5.26 Å². The lowest BCUT2D eigenvalue weighted by atomic mass is 10.3. The van der Waals surface area contributed by atoms with Gasteiger partial charge in [-0.25, -0.2) is 18.1 Å². The van der Waals surface area contributed by atoms with Gasteiger partial charge in [-0.05, 0) is 13.3 Å². The molecule has 2 unspecified atom stereocenters. The summed E-state index contributed by atoms with van der Waals surface area (Å²) in [7, 11) is -3.62. The quantitative estimate of drug-likeness (QED) is 0.793. The fraction of sp³-hybridized carbons (Fsp3) is 0.556. The first-order chi connectivity index (χ1) is 7.51. The van der Waals surface area contributed by atoms with Gasteiger partial charge in [0.1, 0.15) is 5.82 Å². The van der Waals surface area contributed by atoms with E-state index in [1.54, 1.807) is 32.3 Å². The third kappa shape index (κ3) is 2.81. The summed E-state index contributed by atoms with van der Waals surface area (Å²) in [6, 6.07) is 1.29. The molecule has 1 aromatic heterocycles. The Kier molecular flexibility index (Phi) is 4.04. The molecule has 88 valence electrons. The first kappa shape index (κ1) is 12.7. The van der Waals surface area contributed by atoms with Gasteiger partial charge in [0, 0.05) is 12.4 Å². The standard InChI is InChI=1S/C9H14N4O2S/c1-3-8(6-10)16(14,15)13-7(2)9-11-4-5-12-9/h4-5,7-8,13H,3H2,1-2H3,(H,11,12). The highest BCUT2D eigenvalue weighted by molar-refractivity contribution is 7.90. The summed E-state index contributed by atoms with van der Waals surface area (Å²) in [6.45, 7) is 3.32. The first-order valence-corrected chi connectivity index (χ1v) is 6.46. The normalized spacial score (nSPS) is 15.3. The second-order valence-electron chi connectivity index (χ2n) is 3.38. The Balaban J connectivity index is 2.78. The average Bonchev–Trinajstić information content (AvgIpc) is 2.70. The van der Waals surface area contributed by atoms with Crippen molar-refractivity contribution in [3.05, 3.63) is 18.2 Å². The Morgan fingerprint density at radius 3 is 2.81 bits per heavy atom. The molecule has 0 aliphatic heterocycles. The number of nitrogens with zero attached hydrogens (tertiary/aromatic N) is 2. The summed E-state index contributed by atoms with van der Waals surface area (Å²) < 4.78 is 25.9. The zero-order valence-electron chi connectivity index (χ0n) is 9.14. The summed E-state index contributed by atoms with van der Waals surface area (Å²) in [5.41, 5.74) is 0. The van der Waals surface area contributed by atoms with E-state index in [0.29, 0.717) is 5.82 Å². The number of nitriles is 1. The monoisotopic (exact) mass is 242 g/mol. The minimum absolute atomic E-state index is 0.261. The van der Waals surface area contributed by atoms with E-state index in [9.17, 15) is 8.42 Å². The molecule has 7 heteroatoms. The Labute approximate surface area is 94.8 Å². The number of rotatable bonds is 5. The van der Waals surface area contributed by atoms with Crippen molar-refractivity contribution < 1.29 is 8.42 Å². The lowest BCUT2D eigenvalue weighted by Gasteiger charge is -2.14. The molecule has 2 atom stereocenters. The second kappa shape index (κ2) is 5.09. The second-order valence-corrected chi connectivity index (χ2v) is 5.28. The molecule has 16 heavy (non-hydrogen) atoms. The van der Waals surface area contributed by atoms with E-state index in [2.05, 4.69) is 14.7 Å². The van der Waals surface area contributed by atoms with Gasteiger partial charge in [-0.2, -0.15) is 5.26 Å². The first-order valence-electron chi connectivity index (χ1n) is 4.91. The molecule has 0 fully saturated rings. The van der Waals surface area contributed by atoms with E-state index in [1.807, 2.05) is 0 Å². The van der Waals surface area contributed by atoms with E-state index in [1.165, 1.54) is 0 Å². The molecular formula is C9H14N4O2S. The number of nitrogens with one attached hydrogen (secondary N) is 2. The number of hydrogen-bond acceptors (Lipinski definition) is 4. The fourth-order valence-corrected chi connectivity index (χ4v) is 2.63. The van der Waals surface area contributed by atoms with Gasteiger partial charge in [-0.15, -0.1) is 0 Å². The highest BCUT2D eigenvalue weighted by Gasteiger charge is 2.26. The number of imidazole rings is 1. The molecule has 0 bridgehead atoms. The Bertz CT molecular complexity index is 460. The van der Waals surface area contributed by atoms with Crippen molar-refractivity contribution >= 4 is 10.0 Å². The average molecular weight is 242 g/mol. The van der Waals surface area contributed by atoms with Crippen LogP contribution in [0.25, 0.3) is 0 Å². The molecule has 1 aromatic rings. The van der Waals surface area contributed by atoms with Crippen LogP contribution < -0.4 is 4.72 Å². The maximum Gasteiger partial charge on any atom is 0.228 e. The Morgan fingerprint density at radius 1 is 1.69 bits per heavy atom. The summed E-state index contributed by atoms with van der Waals surface area (Å²) in [4.78, 5) is 6.76. The predicted octanol–water partition coefficient (Wildman–Crippen LogP) is 0.692. The topological polar surface area (TPSA) is 98.6 Å². The molecule has 1 heterocycles. The van der Waals surface area contributed by atoms with Crippen molar-refractivity contribution in [3.63, 3.8) is 0 Å². The molecule has 0 amide bonds. The number of aromatic amines is 1. The molecule has 0 spiro atoms. The van der Waals surface area contributed by atoms with Gasteiger partial charge in [0.15, 0.2) is 5.25 Å². The van der Waals surface area contributed by atoms with E-state index in [4.69, 9.17) is 5.26 Å². The largest absolute Gasteiger partial charge is 0.347 e. The Hall–Kier alpha value is -1.39. The minimum atomic E-state index is -3.62. The molecule has 0 aromatic carbocycles. The van der Waals surface area contributed by atoms with Crippen LogP contribution in [-0.4, -0.2) is 23.6 Å². The molecule has 0 radical (unpaired) electrons. The van der Waals surface area contributed by atoms with Crippen molar-refractivity contribution in [1.82, 2.24) is 14.7 Å². The lowest BCUT2D eigenvalue weighted by Crippen LogP contribution is -2.35. The zero-order valence-corrected chi connectivity index (χ0v) is 9.95. The van der Waals surface area contributed by atoms with Crippen LogP contribution in [0.3, 0.4) is 0 Å². The SMILES string of the molecule is CCC(C#N)S(=O)(=O)NC(C)c1ncc[nH]1. The van der Waals surface area contributed by atoms with E-state index in [0.717, 1.165) is 0 Å². The van der Waals surface area contributed by atoms with Crippen LogP contribution in [0, 0.1) is 11.3 Å². The van der Waals surface area contributed by atoms with Crippen LogP contribution in [0.15, 0.2) is 12.4 Å². The molecule has 0 saturated carbocycles. The van der Waals surface area contributed by atoms with Crippen molar-refractivity contribution in [2.24, 2.45) is 0 Å². The summed E-state index contributed by atoms with van der Waals surface area (Å²) in [5.74, 6) is 0.524. The van der Waals surface area contributed by atoms with Crippen molar-refractivity contribution in [2.45, 2.75) is 31.6 Å². The van der Waals surface area contributed by atoms with Crippen molar-refractivity contribution in [2.75, 3.05) is 0 Å². The highest BCUT2D eigenvalue weighted by atomic mass is 32.2. The minimum Gasteiger partial charge on any atom is -0.347 e. The van der Waals surface area contributed by atoms with Crippen LogP contribution in [0.5, 0.6) is 0 Å². The van der Waals surface area contributed by atoms with Gasteiger partial charge in [0.2, 0.25) is 10.0 Å². The molecule has 6 nitrogen and oxygen atoms in total. The zero-order chi connectivity index (χ0) is 12.2. The van der Waals surface area contributed by atoms with Crippen LogP contribution in [0.4, 0.5) is 0 Å². The molecule has 2 N–H and O–H groups in total. The van der Waals surface area contributed by atoms with Gasteiger partial charge in [-0.1, -0.05) is 6.92 Å². The third-order valence-corrected chi connectivity index (χ3v) is 4.03. The summed E-state index contributed by atoms with van der Waals surface area (Å²) in [5, 5.41) is 7.69. The highest BCUT2D eigenvalue weighted by Crippen LogP contribution is 2.11. The number of aromatic nitrogens is 2. The number of hydrogen-bond donors (Lipinski definition) is 2. The van der Waals surface area contributed by atoms with Gasteiger partial charge >= 0.3 is 0 Å². The fourth-order valence-electron chi connectivity index (χ4n) is 1.28. The maximum atomic E-state index is 11.7. The van der Waals surface area contributed by atoms with Crippen molar-refractivity contribution in [3.8, 4) is 6.07 Å². The molecule has 0 aliphatic carbocycles. The number of H-pyrrole nitrogens is 1. The smallest absolute Gasteiger partial charge is 0.228 e. The molecule has 0 aliphatic rings. The van der Waals surface area contributed by atoms with Gasteiger partial charge in [-0.3, -0.25) is 0 Å². The molecular weight excluding hydrogens is 228 g/mol. The van der Waals surface area contributed by atoms with Gasteiger partial charge < -0.3 is 4.98 Å². The molecule has 1 rings (SSSR count). The molecule has 0 saturated heterocycles. The van der Waals surface area contributed by atoms with Crippen LogP contribution in [0.1, 0.15) is 32.1 Å². The van der Waals surface area contributed by atoms with Crippen LogP contribution >= 0.6 is 0 Å².